The molecule has 0 saturated heterocycles. The summed E-state index contributed by atoms with van der Waals surface area (Å²) >= 11 is 0. The van der Waals surface area contributed by atoms with Crippen molar-refractivity contribution in [1.29, 1.82) is 0 Å². The number of halogens is 4. The van der Waals surface area contributed by atoms with Crippen LogP contribution in [0.3, 0.4) is 0 Å². The monoisotopic (exact) mass is 256 g/mol. The molecule has 0 saturated carbocycles. The first-order chi connectivity index (χ1) is 7.91. The second-order valence-corrected chi connectivity index (χ2v) is 4.10. The molecule has 0 amide bonds. The van der Waals surface area contributed by atoms with Crippen molar-refractivity contribution in [2.45, 2.75) is 71.6 Å². The Kier molecular flexibility index (Phi) is 15.6. The van der Waals surface area contributed by atoms with Crippen LogP contribution in [-0.4, -0.2) is 7.25 Å². The second kappa shape index (κ2) is 13.8. The zero-order valence-electron chi connectivity index (χ0n) is 11.0. The molecule has 0 aliphatic carbocycles. The average Bonchev–Trinajstić information content (AvgIpc) is 2.20. The maximum Gasteiger partial charge on any atom is 0.673 e. The van der Waals surface area contributed by atoms with Crippen molar-refractivity contribution in [1.82, 2.24) is 0 Å². The van der Waals surface area contributed by atoms with E-state index in [4.69, 9.17) is 0 Å². The summed E-state index contributed by atoms with van der Waals surface area (Å²) in [6.07, 6.45) is 15.0. The van der Waals surface area contributed by atoms with Gasteiger partial charge in [0.05, 0.1) is 0 Å². The largest absolute Gasteiger partial charge is 0.673 e. The number of hydrogen-bond acceptors (Lipinski definition) is 0. The zero-order chi connectivity index (χ0) is 13.6. The Morgan fingerprint density at radius 2 is 1.18 bits per heavy atom. The van der Waals surface area contributed by atoms with Gasteiger partial charge in [-0.1, -0.05) is 71.6 Å². The van der Waals surface area contributed by atoms with Crippen molar-refractivity contribution in [3.8, 4) is 0 Å². The van der Waals surface area contributed by atoms with Crippen LogP contribution in [0.15, 0.2) is 0 Å². The van der Waals surface area contributed by atoms with E-state index in [9.17, 15) is 17.3 Å². The average molecular weight is 256 g/mol. The fourth-order valence-corrected chi connectivity index (χ4v) is 1.45. The van der Waals surface area contributed by atoms with Crippen LogP contribution >= 0.6 is 0 Å². The van der Waals surface area contributed by atoms with E-state index >= 15 is 0 Å². The lowest BCUT2D eigenvalue weighted by atomic mass is 10.1. The molecule has 0 N–H and O–H groups in total. The molecule has 0 bridgehead atoms. The first-order valence-electron chi connectivity index (χ1n) is 6.60. The second-order valence-electron chi connectivity index (χ2n) is 4.10. The summed E-state index contributed by atoms with van der Waals surface area (Å²) in [5.74, 6) is 0. The van der Waals surface area contributed by atoms with Crippen LogP contribution in [0.4, 0.5) is 17.3 Å². The molecule has 0 atom stereocenters. The van der Waals surface area contributed by atoms with Gasteiger partial charge in [0.1, 0.15) is 0 Å². The molecule has 0 aliphatic rings. The Hall–Kier alpha value is -0.215. The fourth-order valence-electron chi connectivity index (χ4n) is 1.45. The minimum atomic E-state index is -6.00. The third kappa shape index (κ3) is 38.9. The predicted molar refractivity (Wildman–Crippen MR) is 67.4 cm³/mol. The van der Waals surface area contributed by atoms with E-state index < -0.39 is 7.25 Å². The van der Waals surface area contributed by atoms with Gasteiger partial charge in [-0.2, -0.15) is 0 Å². The highest BCUT2D eigenvalue weighted by molar-refractivity contribution is 6.50. The van der Waals surface area contributed by atoms with Crippen LogP contribution in [0.5, 0.6) is 0 Å². The molecule has 0 nitrogen and oxygen atoms in total. The first-order valence-corrected chi connectivity index (χ1v) is 6.60. The van der Waals surface area contributed by atoms with E-state index in [2.05, 4.69) is 20.3 Å². The van der Waals surface area contributed by atoms with Crippen molar-refractivity contribution < 1.29 is 17.3 Å². The molecule has 0 aliphatic heterocycles. The SMILES string of the molecule is CC[CH]CCCCCCCCC.F[B-](F)(F)F. The van der Waals surface area contributed by atoms with Crippen LogP contribution in [-0.2, 0) is 0 Å². The highest BCUT2D eigenvalue weighted by atomic mass is 19.5. The van der Waals surface area contributed by atoms with Crippen molar-refractivity contribution in [3.05, 3.63) is 6.42 Å². The summed E-state index contributed by atoms with van der Waals surface area (Å²) in [4.78, 5) is 0. The van der Waals surface area contributed by atoms with Gasteiger partial charge in [0.2, 0.25) is 0 Å². The molecule has 105 valence electrons. The molecule has 0 aromatic carbocycles. The van der Waals surface area contributed by atoms with Gasteiger partial charge in [-0.25, -0.2) is 0 Å². The van der Waals surface area contributed by atoms with Gasteiger partial charge >= 0.3 is 7.25 Å². The zero-order valence-corrected chi connectivity index (χ0v) is 11.0. The van der Waals surface area contributed by atoms with Gasteiger partial charge in [-0.15, -0.1) is 0 Å². The summed E-state index contributed by atoms with van der Waals surface area (Å²) in [7, 11) is -6.00. The van der Waals surface area contributed by atoms with Gasteiger partial charge in [0.25, 0.3) is 0 Å². The van der Waals surface area contributed by atoms with Gasteiger partial charge in [-0.3, -0.25) is 0 Å². The molecule has 17 heavy (non-hydrogen) atoms. The quantitative estimate of drug-likeness (QED) is 0.268. The molecule has 0 rings (SSSR count). The van der Waals surface area contributed by atoms with E-state index in [1.54, 1.807) is 0 Å². The smallest absolute Gasteiger partial charge is 0.418 e. The number of rotatable bonds is 9. The van der Waals surface area contributed by atoms with Crippen molar-refractivity contribution >= 4 is 7.25 Å². The molecule has 0 heterocycles. The standard InChI is InChI=1S/C12H25.BF4/c1-3-5-7-9-11-12-10-8-6-4-2;2-1(3,4)5/h5H,3-4,6-12H2,1-2H3;/q;-1. The lowest BCUT2D eigenvalue weighted by Crippen LogP contribution is -2.02. The van der Waals surface area contributed by atoms with Crippen molar-refractivity contribution in [3.63, 3.8) is 0 Å². The fraction of sp³-hybridized carbons (Fsp3) is 0.917. The Bertz CT molecular complexity index is 121. The van der Waals surface area contributed by atoms with E-state index in [-0.39, 0.29) is 0 Å². The third-order valence-corrected chi connectivity index (χ3v) is 2.30. The van der Waals surface area contributed by atoms with E-state index in [0.29, 0.717) is 0 Å². The molecule has 5 heteroatoms. The van der Waals surface area contributed by atoms with Crippen LogP contribution in [0.25, 0.3) is 0 Å². The van der Waals surface area contributed by atoms with Crippen molar-refractivity contribution in [2.75, 3.05) is 0 Å². The lowest BCUT2D eigenvalue weighted by molar-refractivity contribution is 0.368. The minimum Gasteiger partial charge on any atom is -0.418 e. The van der Waals surface area contributed by atoms with Crippen LogP contribution in [0.1, 0.15) is 71.6 Å². The summed E-state index contributed by atoms with van der Waals surface area (Å²) in [5, 5.41) is 0. The topological polar surface area (TPSA) is 0 Å². The Morgan fingerprint density at radius 3 is 1.59 bits per heavy atom. The van der Waals surface area contributed by atoms with Crippen LogP contribution in [0.2, 0.25) is 0 Å². The Balaban J connectivity index is 0. The van der Waals surface area contributed by atoms with Crippen molar-refractivity contribution in [2.24, 2.45) is 0 Å². The molecule has 0 fully saturated rings. The highest BCUT2D eigenvalue weighted by Crippen LogP contribution is 2.09. The van der Waals surface area contributed by atoms with E-state index in [0.717, 1.165) is 0 Å². The number of unbranched alkanes of at least 4 members (excludes halogenated alkanes) is 9. The molecule has 0 unspecified atom stereocenters. The molecule has 0 aromatic rings. The Labute approximate surface area is 103 Å². The molecular weight excluding hydrogens is 231 g/mol. The van der Waals surface area contributed by atoms with Gasteiger partial charge in [0, 0.05) is 0 Å². The summed E-state index contributed by atoms with van der Waals surface area (Å²) in [5.41, 5.74) is 0. The van der Waals surface area contributed by atoms with E-state index in [1.165, 1.54) is 57.8 Å². The maximum absolute atomic E-state index is 9.75. The molecule has 0 spiro atoms. The highest BCUT2D eigenvalue weighted by Gasteiger charge is 2.20. The normalized spacial score (nSPS) is 10.9. The summed E-state index contributed by atoms with van der Waals surface area (Å²) < 4.78 is 39.0. The molecule has 1 radical (unpaired) electrons. The molecule has 0 aromatic heterocycles. The summed E-state index contributed by atoms with van der Waals surface area (Å²) in [6, 6.07) is 0. The van der Waals surface area contributed by atoms with E-state index in [1.807, 2.05) is 0 Å². The van der Waals surface area contributed by atoms with Gasteiger partial charge in [0.15, 0.2) is 0 Å². The molecular formula is C12H25BF4-. The van der Waals surface area contributed by atoms with Crippen LogP contribution in [0, 0.1) is 6.42 Å². The van der Waals surface area contributed by atoms with Crippen LogP contribution < -0.4 is 0 Å². The maximum atomic E-state index is 9.75. The Morgan fingerprint density at radius 1 is 0.765 bits per heavy atom. The number of hydrogen-bond donors (Lipinski definition) is 0. The van der Waals surface area contributed by atoms with Gasteiger partial charge in [-0.05, 0) is 6.42 Å². The summed E-state index contributed by atoms with van der Waals surface area (Å²) in [6.45, 7) is 4.50. The third-order valence-electron chi connectivity index (χ3n) is 2.30. The minimum absolute atomic E-state index is 1.25. The lowest BCUT2D eigenvalue weighted by Gasteiger charge is -1.99. The first kappa shape index (κ1) is 19.1. The predicted octanol–water partition coefficient (Wildman–Crippen LogP) is 6.04. The van der Waals surface area contributed by atoms with Gasteiger partial charge < -0.3 is 17.3 Å².